The standard InChI is InChI=1S/C9H12O3/c1-4-7(10)9(3)6(2)5-12-8(9)11/h2,4-5H2,1,3H3/t9-/m1/s1. The summed E-state index contributed by atoms with van der Waals surface area (Å²) in [6, 6.07) is 0. The zero-order chi connectivity index (χ0) is 9.35. The maximum absolute atomic E-state index is 11.4. The highest BCUT2D eigenvalue weighted by Gasteiger charge is 2.48. The summed E-state index contributed by atoms with van der Waals surface area (Å²) >= 11 is 0. The van der Waals surface area contributed by atoms with Crippen molar-refractivity contribution in [1.82, 2.24) is 0 Å². The van der Waals surface area contributed by atoms with Crippen LogP contribution < -0.4 is 0 Å². The topological polar surface area (TPSA) is 43.4 Å². The fraction of sp³-hybridized carbons (Fsp3) is 0.556. The van der Waals surface area contributed by atoms with E-state index in [1.54, 1.807) is 13.8 Å². The molecule has 3 nitrogen and oxygen atoms in total. The van der Waals surface area contributed by atoms with Gasteiger partial charge in [-0.1, -0.05) is 13.5 Å². The summed E-state index contributed by atoms with van der Waals surface area (Å²) in [5.41, 5.74) is -0.506. The van der Waals surface area contributed by atoms with Crippen LogP contribution in [0.3, 0.4) is 0 Å². The second-order valence-corrected chi connectivity index (χ2v) is 3.08. The number of carbonyl (C=O) groups is 2. The van der Waals surface area contributed by atoms with Crippen molar-refractivity contribution in [1.29, 1.82) is 0 Å². The third-order valence-corrected chi connectivity index (χ3v) is 2.37. The Kier molecular flexibility index (Phi) is 2.04. The minimum atomic E-state index is -1.07. The molecule has 1 aliphatic heterocycles. The van der Waals surface area contributed by atoms with E-state index >= 15 is 0 Å². The Morgan fingerprint density at radius 3 is 2.67 bits per heavy atom. The first-order chi connectivity index (χ1) is 5.53. The predicted molar refractivity (Wildman–Crippen MR) is 43.5 cm³/mol. The molecule has 0 aromatic carbocycles. The fourth-order valence-electron chi connectivity index (χ4n) is 1.25. The van der Waals surface area contributed by atoms with Crippen LogP contribution in [0, 0.1) is 5.41 Å². The number of Topliss-reactive ketones (excluding diaryl/α,β-unsaturated/α-hetero) is 1. The molecule has 0 saturated carbocycles. The summed E-state index contributed by atoms with van der Waals surface area (Å²) in [5, 5.41) is 0. The van der Waals surface area contributed by atoms with Gasteiger partial charge in [0.25, 0.3) is 0 Å². The molecule has 0 radical (unpaired) electrons. The highest BCUT2D eigenvalue weighted by atomic mass is 16.5. The van der Waals surface area contributed by atoms with Crippen LogP contribution in [0.15, 0.2) is 12.2 Å². The number of hydrogen-bond acceptors (Lipinski definition) is 3. The Morgan fingerprint density at radius 1 is 1.75 bits per heavy atom. The number of hydrogen-bond donors (Lipinski definition) is 0. The van der Waals surface area contributed by atoms with Gasteiger partial charge < -0.3 is 4.74 Å². The van der Waals surface area contributed by atoms with Gasteiger partial charge in [-0.25, -0.2) is 0 Å². The lowest BCUT2D eigenvalue weighted by Crippen LogP contribution is -2.33. The van der Waals surface area contributed by atoms with Crippen molar-refractivity contribution in [2.75, 3.05) is 6.61 Å². The van der Waals surface area contributed by atoms with E-state index in [4.69, 9.17) is 4.74 Å². The molecular weight excluding hydrogens is 156 g/mol. The third-order valence-electron chi connectivity index (χ3n) is 2.37. The van der Waals surface area contributed by atoms with E-state index in [1.165, 1.54) is 0 Å². The van der Waals surface area contributed by atoms with Crippen molar-refractivity contribution < 1.29 is 14.3 Å². The van der Waals surface area contributed by atoms with Gasteiger partial charge in [-0.3, -0.25) is 9.59 Å². The van der Waals surface area contributed by atoms with Crippen LogP contribution in [0.1, 0.15) is 20.3 Å². The number of carbonyl (C=O) groups excluding carboxylic acids is 2. The largest absolute Gasteiger partial charge is 0.460 e. The normalized spacial score (nSPS) is 28.8. The van der Waals surface area contributed by atoms with Gasteiger partial charge in [-0.15, -0.1) is 0 Å². The van der Waals surface area contributed by atoms with Gasteiger partial charge in [0, 0.05) is 6.42 Å². The summed E-state index contributed by atoms with van der Waals surface area (Å²) in [5.74, 6) is -0.575. The van der Waals surface area contributed by atoms with Gasteiger partial charge in [0.05, 0.1) is 0 Å². The van der Waals surface area contributed by atoms with Crippen molar-refractivity contribution >= 4 is 11.8 Å². The van der Waals surface area contributed by atoms with E-state index in [9.17, 15) is 9.59 Å². The zero-order valence-corrected chi connectivity index (χ0v) is 7.35. The Bertz CT molecular complexity index is 236. The van der Waals surface area contributed by atoms with Crippen LogP contribution in [-0.2, 0) is 14.3 Å². The van der Waals surface area contributed by atoms with Gasteiger partial charge in [0.15, 0.2) is 5.78 Å². The van der Waals surface area contributed by atoms with E-state index in [0.717, 1.165) is 0 Å². The molecular formula is C9H12O3. The summed E-state index contributed by atoms with van der Waals surface area (Å²) in [6.45, 7) is 7.15. The van der Waals surface area contributed by atoms with Gasteiger partial charge >= 0.3 is 5.97 Å². The molecule has 1 heterocycles. The molecule has 0 aromatic rings. The molecule has 0 aromatic heterocycles. The maximum Gasteiger partial charge on any atom is 0.323 e. The second kappa shape index (κ2) is 2.73. The van der Waals surface area contributed by atoms with Gasteiger partial charge in [0.1, 0.15) is 12.0 Å². The number of esters is 1. The first-order valence-electron chi connectivity index (χ1n) is 3.92. The van der Waals surface area contributed by atoms with Gasteiger partial charge in [-0.2, -0.15) is 0 Å². The SMILES string of the molecule is C=C1COC(=O)[C@@]1(C)C(=O)CC. The van der Waals surface area contributed by atoms with Crippen LogP contribution in [0.2, 0.25) is 0 Å². The van der Waals surface area contributed by atoms with E-state index in [2.05, 4.69) is 6.58 Å². The lowest BCUT2D eigenvalue weighted by atomic mass is 9.80. The monoisotopic (exact) mass is 168 g/mol. The molecule has 0 spiro atoms. The van der Waals surface area contributed by atoms with Gasteiger partial charge in [-0.05, 0) is 12.5 Å². The quantitative estimate of drug-likeness (QED) is 0.352. The van der Waals surface area contributed by atoms with Crippen LogP contribution in [0.4, 0.5) is 0 Å². The minimum Gasteiger partial charge on any atom is -0.460 e. The Morgan fingerprint density at radius 2 is 2.33 bits per heavy atom. The van der Waals surface area contributed by atoms with Crippen molar-refractivity contribution in [2.45, 2.75) is 20.3 Å². The number of rotatable bonds is 2. The smallest absolute Gasteiger partial charge is 0.323 e. The van der Waals surface area contributed by atoms with Crippen LogP contribution in [0.25, 0.3) is 0 Å². The molecule has 0 unspecified atom stereocenters. The summed E-state index contributed by atoms with van der Waals surface area (Å²) < 4.78 is 4.74. The lowest BCUT2D eigenvalue weighted by Gasteiger charge is -2.17. The molecule has 0 amide bonds. The first-order valence-corrected chi connectivity index (χ1v) is 3.92. The van der Waals surface area contributed by atoms with E-state index in [-0.39, 0.29) is 12.4 Å². The molecule has 66 valence electrons. The van der Waals surface area contributed by atoms with Crippen LogP contribution in [0.5, 0.6) is 0 Å². The molecule has 0 N–H and O–H groups in total. The van der Waals surface area contributed by atoms with Crippen molar-refractivity contribution in [2.24, 2.45) is 5.41 Å². The Labute approximate surface area is 71.4 Å². The molecule has 1 saturated heterocycles. The minimum absolute atomic E-state index is 0.116. The summed E-state index contributed by atoms with van der Waals surface area (Å²) in [4.78, 5) is 22.6. The van der Waals surface area contributed by atoms with Crippen molar-refractivity contribution in [3.8, 4) is 0 Å². The van der Waals surface area contributed by atoms with E-state index < -0.39 is 11.4 Å². The molecule has 1 fully saturated rings. The number of cyclic esters (lactones) is 1. The van der Waals surface area contributed by atoms with E-state index in [1.807, 2.05) is 0 Å². The van der Waals surface area contributed by atoms with Crippen LogP contribution in [-0.4, -0.2) is 18.4 Å². The Balaban J connectivity index is 3.02. The molecule has 0 aliphatic carbocycles. The molecule has 1 aliphatic rings. The first kappa shape index (κ1) is 8.97. The van der Waals surface area contributed by atoms with Gasteiger partial charge in [0.2, 0.25) is 0 Å². The maximum atomic E-state index is 11.4. The summed E-state index contributed by atoms with van der Waals surface area (Å²) in [7, 11) is 0. The number of ketones is 1. The number of ether oxygens (including phenoxy) is 1. The zero-order valence-electron chi connectivity index (χ0n) is 7.35. The average molecular weight is 168 g/mol. The van der Waals surface area contributed by atoms with E-state index in [0.29, 0.717) is 12.0 Å². The molecule has 0 bridgehead atoms. The highest BCUT2D eigenvalue weighted by Crippen LogP contribution is 2.35. The summed E-state index contributed by atoms with van der Waals surface area (Å²) in [6.07, 6.45) is 0.338. The highest BCUT2D eigenvalue weighted by molar-refractivity contribution is 6.07. The second-order valence-electron chi connectivity index (χ2n) is 3.08. The van der Waals surface area contributed by atoms with Crippen molar-refractivity contribution in [3.05, 3.63) is 12.2 Å². The third kappa shape index (κ3) is 0.967. The average Bonchev–Trinajstić information content (AvgIpc) is 2.32. The molecule has 1 rings (SSSR count). The lowest BCUT2D eigenvalue weighted by molar-refractivity contribution is -0.149. The predicted octanol–water partition coefficient (Wildman–Crippen LogP) is 1.08. The van der Waals surface area contributed by atoms with Crippen LogP contribution >= 0.6 is 0 Å². The van der Waals surface area contributed by atoms with Crippen molar-refractivity contribution in [3.63, 3.8) is 0 Å². The molecule has 3 heteroatoms. The fourth-order valence-corrected chi connectivity index (χ4v) is 1.25. The molecule has 12 heavy (non-hydrogen) atoms. The molecule has 1 atom stereocenters. The Hall–Kier alpha value is -1.12.